The van der Waals surface area contributed by atoms with E-state index >= 15 is 4.39 Å². The van der Waals surface area contributed by atoms with Gasteiger partial charge in [0.25, 0.3) is 0 Å². The lowest BCUT2D eigenvalue weighted by atomic mass is 9.85. The molecule has 10 heteroatoms. The van der Waals surface area contributed by atoms with Crippen LogP contribution in [-0.2, 0) is 16.9 Å². The normalized spacial score (nSPS) is 18.2. The summed E-state index contributed by atoms with van der Waals surface area (Å²) in [5, 5.41) is 0.712. The quantitative estimate of drug-likeness (QED) is 0.502. The molecule has 2 aliphatic heterocycles. The van der Waals surface area contributed by atoms with Gasteiger partial charge in [0, 0.05) is 50.1 Å². The van der Waals surface area contributed by atoms with Crippen LogP contribution in [0.3, 0.4) is 0 Å². The van der Waals surface area contributed by atoms with E-state index in [9.17, 15) is 4.79 Å². The zero-order chi connectivity index (χ0) is 25.2. The molecule has 2 N–H and O–H groups in total. The van der Waals surface area contributed by atoms with Crippen molar-refractivity contribution >= 4 is 29.4 Å². The Kier molecular flexibility index (Phi) is 7.51. The van der Waals surface area contributed by atoms with Crippen molar-refractivity contribution in [2.24, 2.45) is 15.7 Å². The van der Waals surface area contributed by atoms with E-state index in [-0.39, 0.29) is 11.9 Å². The number of carbonyl (C=O) groups is 1. The number of fused-ring (bicyclic) bond motifs is 3. The zero-order valence-electron chi connectivity index (χ0n) is 20.8. The van der Waals surface area contributed by atoms with Gasteiger partial charge in [0.15, 0.2) is 10.8 Å². The summed E-state index contributed by atoms with van der Waals surface area (Å²) in [5.74, 6) is 1.19. The fraction of sp³-hybridized carbons (Fsp3) is 0.520. The molecule has 0 spiro atoms. The molecule has 1 aromatic carbocycles. The number of rotatable bonds is 5. The summed E-state index contributed by atoms with van der Waals surface area (Å²) in [5.41, 5.74) is 6.38. The Balaban J connectivity index is 1.58. The van der Waals surface area contributed by atoms with Crippen molar-refractivity contribution in [1.29, 1.82) is 0 Å². The van der Waals surface area contributed by atoms with Crippen molar-refractivity contribution in [3.05, 3.63) is 33.6 Å². The lowest BCUT2D eigenvalue weighted by molar-refractivity contribution is -0.130. The second-order valence-electron chi connectivity index (χ2n) is 9.45. The first-order chi connectivity index (χ1) is 16.7. The molecule has 0 aliphatic carbocycles. The van der Waals surface area contributed by atoms with Gasteiger partial charge in [-0.1, -0.05) is 6.07 Å². The topological polar surface area (TPSA) is 96.4 Å². The molecule has 2 aromatic rings. The number of hydrogen-bond acceptors (Lipinski definition) is 6. The largest absolute Gasteiger partial charge is 0.492 e. The number of hydrogen-bond donors (Lipinski definition) is 1. The number of nitrogens with two attached hydrogens (primary N) is 1. The van der Waals surface area contributed by atoms with Gasteiger partial charge in [-0.05, 0) is 44.4 Å². The van der Waals surface area contributed by atoms with Crippen LogP contribution in [-0.4, -0.2) is 79.2 Å². The first kappa shape index (κ1) is 25.2. The summed E-state index contributed by atoms with van der Waals surface area (Å²) in [6.07, 6.45) is 2.61. The van der Waals surface area contributed by atoms with Crippen LogP contribution in [0.4, 0.5) is 4.39 Å². The van der Waals surface area contributed by atoms with Gasteiger partial charge in [-0.3, -0.25) is 14.7 Å². The van der Waals surface area contributed by atoms with E-state index in [4.69, 9.17) is 15.5 Å². The van der Waals surface area contributed by atoms with Crippen molar-refractivity contribution in [3.8, 4) is 17.0 Å². The van der Waals surface area contributed by atoms with Crippen molar-refractivity contribution < 1.29 is 13.9 Å². The van der Waals surface area contributed by atoms with E-state index in [1.807, 2.05) is 36.9 Å². The molecule has 0 atom stereocenters. The van der Waals surface area contributed by atoms with Gasteiger partial charge in [0.2, 0.25) is 5.91 Å². The zero-order valence-corrected chi connectivity index (χ0v) is 21.6. The van der Waals surface area contributed by atoms with Crippen LogP contribution in [0, 0.1) is 0 Å². The van der Waals surface area contributed by atoms with Gasteiger partial charge in [0.1, 0.15) is 11.4 Å². The monoisotopic (exact) mass is 500 g/mol. The standard InChI is InChI=1S/C25H33FN6O2S/c1-16(2)29-23(28-15-27)24-30-22-18-6-5-17(13-19(18)34-12-7-20(22)35-24)25(26)8-10-32(11-9-25)14-21(33)31(3)4/h5-6,13,15-16H,7-12,14H2,1-4H3,(H2,27,28,29). The maximum Gasteiger partial charge on any atom is 0.236 e. The molecule has 0 bridgehead atoms. The van der Waals surface area contributed by atoms with Crippen molar-refractivity contribution in [2.45, 2.75) is 44.8 Å². The summed E-state index contributed by atoms with van der Waals surface area (Å²) in [6.45, 7) is 5.84. The van der Waals surface area contributed by atoms with Crippen LogP contribution in [0.2, 0.25) is 0 Å². The van der Waals surface area contributed by atoms with Crippen LogP contribution >= 0.6 is 11.3 Å². The Morgan fingerprint density at radius 2 is 2.11 bits per heavy atom. The van der Waals surface area contributed by atoms with Crippen LogP contribution in [0.5, 0.6) is 5.75 Å². The van der Waals surface area contributed by atoms with Crippen LogP contribution in [0.1, 0.15) is 42.1 Å². The Hall–Kier alpha value is -2.85. The fourth-order valence-corrected chi connectivity index (χ4v) is 5.35. The average Bonchev–Trinajstić information content (AvgIpc) is 3.16. The van der Waals surface area contributed by atoms with Gasteiger partial charge in [-0.2, -0.15) is 0 Å². The number of ether oxygens (including phenoxy) is 1. The Morgan fingerprint density at radius 1 is 1.37 bits per heavy atom. The van der Waals surface area contributed by atoms with E-state index in [2.05, 4.69) is 9.98 Å². The number of thiazole rings is 1. The second-order valence-corrected chi connectivity index (χ2v) is 10.5. The molecule has 3 heterocycles. The summed E-state index contributed by atoms with van der Waals surface area (Å²) >= 11 is 1.54. The Morgan fingerprint density at radius 3 is 2.77 bits per heavy atom. The minimum absolute atomic E-state index is 0.0342. The van der Waals surface area contributed by atoms with E-state index < -0.39 is 5.67 Å². The maximum absolute atomic E-state index is 16.0. The maximum atomic E-state index is 16.0. The molecule has 35 heavy (non-hydrogen) atoms. The molecule has 1 fully saturated rings. The molecule has 188 valence electrons. The first-order valence-corrected chi connectivity index (χ1v) is 12.7. The van der Waals surface area contributed by atoms with Gasteiger partial charge < -0.3 is 15.4 Å². The van der Waals surface area contributed by atoms with Crippen molar-refractivity contribution in [3.63, 3.8) is 0 Å². The summed E-state index contributed by atoms with van der Waals surface area (Å²) in [6, 6.07) is 5.64. The number of nitrogens with zero attached hydrogens (tertiary/aromatic N) is 5. The summed E-state index contributed by atoms with van der Waals surface area (Å²) < 4.78 is 22.1. The molecule has 8 nitrogen and oxygen atoms in total. The molecule has 4 rings (SSSR count). The predicted octanol–water partition coefficient (Wildman–Crippen LogP) is 3.24. The number of aromatic nitrogens is 1. The molecule has 0 unspecified atom stereocenters. The third-order valence-electron chi connectivity index (χ3n) is 6.31. The third-order valence-corrected chi connectivity index (χ3v) is 7.42. The van der Waals surface area contributed by atoms with Crippen LogP contribution in [0.15, 0.2) is 28.2 Å². The molecule has 1 amide bonds. The number of likely N-dealkylation sites (N-methyl/N-ethyl adjacent to an activating group) is 1. The smallest absolute Gasteiger partial charge is 0.236 e. The van der Waals surface area contributed by atoms with Gasteiger partial charge in [0.05, 0.1) is 25.2 Å². The number of halogens is 1. The fourth-order valence-electron chi connectivity index (χ4n) is 4.34. The van der Waals surface area contributed by atoms with Gasteiger partial charge in [-0.15, -0.1) is 11.3 Å². The number of benzene rings is 1. The highest BCUT2D eigenvalue weighted by atomic mass is 32.1. The number of alkyl halides is 1. The molecular formula is C25H33FN6O2S. The number of amidine groups is 1. The SMILES string of the molecule is CC(C)N=C(N=CN)c1nc2c(s1)CCOc1cc(C3(F)CCN(CC(=O)N(C)C)CC3)ccc1-2. The highest BCUT2D eigenvalue weighted by Crippen LogP contribution is 2.43. The summed E-state index contributed by atoms with van der Waals surface area (Å²) in [4.78, 5) is 30.3. The summed E-state index contributed by atoms with van der Waals surface area (Å²) in [7, 11) is 3.48. The van der Waals surface area contributed by atoms with Crippen LogP contribution < -0.4 is 10.5 Å². The Labute approximate surface area is 209 Å². The number of piperidine rings is 1. The number of likely N-dealkylation sites (tertiary alicyclic amines) is 1. The van der Waals surface area contributed by atoms with Crippen LogP contribution in [0.25, 0.3) is 11.3 Å². The minimum Gasteiger partial charge on any atom is -0.492 e. The van der Waals surface area contributed by atoms with E-state index in [1.165, 1.54) is 17.7 Å². The molecule has 1 saturated heterocycles. The molecule has 1 aromatic heterocycles. The third kappa shape index (κ3) is 5.54. The van der Waals surface area contributed by atoms with E-state index in [1.54, 1.807) is 19.0 Å². The van der Waals surface area contributed by atoms with Gasteiger partial charge in [-0.25, -0.2) is 14.4 Å². The molecule has 0 saturated carbocycles. The predicted molar refractivity (Wildman–Crippen MR) is 138 cm³/mol. The second kappa shape index (κ2) is 10.4. The molecule has 0 radical (unpaired) electrons. The lowest BCUT2D eigenvalue weighted by Gasteiger charge is -2.37. The molecule has 2 aliphatic rings. The van der Waals surface area contributed by atoms with E-state index in [0.29, 0.717) is 67.7 Å². The number of amides is 1. The van der Waals surface area contributed by atoms with Crippen molar-refractivity contribution in [2.75, 3.05) is 40.3 Å². The molecular weight excluding hydrogens is 467 g/mol. The number of carbonyl (C=O) groups excluding carboxylic acids is 1. The first-order valence-electron chi connectivity index (χ1n) is 11.9. The highest BCUT2D eigenvalue weighted by molar-refractivity contribution is 7.14. The van der Waals surface area contributed by atoms with Crippen molar-refractivity contribution in [1.82, 2.24) is 14.8 Å². The lowest BCUT2D eigenvalue weighted by Crippen LogP contribution is -2.44. The van der Waals surface area contributed by atoms with E-state index in [0.717, 1.165) is 16.1 Å². The Bertz CT molecular complexity index is 1130. The average molecular weight is 501 g/mol. The van der Waals surface area contributed by atoms with Gasteiger partial charge >= 0.3 is 0 Å². The minimum atomic E-state index is -1.45. The highest BCUT2D eigenvalue weighted by Gasteiger charge is 2.37. The number of aliphatic imine (C=N–C) groups is 2.